The minimum absolute atomic E-state index is 0.268. The van der Waals surface area contributed by atoms with Crippen LogP contribution in [0.15, 0.2) is 29.2 Å². The number of ether oxygens (including phenoxy) is 1. The summed E-state index contributed by atoms with van der Waals surface area (Å²) >= 11 is 0. The molecule has 0 bridgehead atoms. The second kappa shape index (κ2) is 8.91. The van der Waals surface area contributed by atoms with E-state index in [2.05, 4.69) is 10.0 Å². The van der Waals surface area contributed by atoms with Crippen molar-refractivity contribution < 1.29 is 13.2 Å². The lowest BCUT2D eigenvalue weighted by atomic mass is 10.3. The summed E-state index contributed by atoms with van der Waals surface area (Å²) in [5.41, 5.74) is 5.92. The van der Waals surface area contributed by atoms with E-state index < -0.39 is 10.0 Å². The van der Waals surface area contributed by atoms with Crippen LogP contribution in [0, 0.1) is 0 Å². The number of rotatable bonds is 10. The van der Waals surface area contributed by atoms with Crippen molar-refractivity contribution in [3.63, 3.8) is 0 Å². The number of nitrogens with one attached hydrogen (secondary N) is 2. The number of nitrogens with two attached hydrogens (primary N) is 1. The topological polar surface area (TPSA) is 93.5 Å². The molecule has 0 atom stereocenters. The zero-order valence-electron chi connectivity index (χ0n) is 11.8. The average molecular weight is 301 g/mol. The normalized spacial score (nSPS) is 11.5. The molecule has 0 heterocycles. The molecule has 0 saturated heterocycles. The lowest BCUT2D eigenvalue weighted by Crippen LogP contribution is -2.24. The molecule has 114 valence electrons. The molecule has 0 unspecified atom stereocenters. The number of hydrogen-bond acceptors (Lipinski definition) is 5. The van der Waals surface area contributed by atoms with E-state index in [9.17, 15) is 8.42 Å². The molecule has 6 nitrogen and oxygen atoms in total. The van der Waals surface area contributed by atoms with E-state index in [-0.39, 0.29) is 4.90 Å². The first-order valence-electron chi connectivity index (χ1n) is 6.72. The second-order valence-corrected chi connectivity index (χ2v) is 5.91. The van der Waals surface area contributed by atoms with Crippen LogP contribution in [-0.2, 0) is 14.8 Å². The van der Waals surface area contributed by atoms with Crippen molar-refractivity contribution in [3.05, 3.63) is 24.3 Å². The number of anilines is 1. The Bertz CT molecular complexity index is 491. The fraction of sp³-hybridized carbons (Fsp3) is 0.538. The van der Waals surface area contributed by atoms with Crippen molar-refractivity contribution in [1.29, 1.82) is 0 Å². The van der Waals surface area contributed by atoms with E-state index in [1.54, 1.807) is 31.2 Å². The van der Waals surface area contributed by atoms with Crippen LogP contribution < -0.4 is 15.8 Å². The van der Waals surface area contributed by atoms with Crippen LogP contribution in [0.25, 0.3) is 0 Å². The zero-order valence-corrected chi connectivity index (χ0v) is 12.6. The van der Waals surface area contributed by atoms with Gasteiger partial charge >= 0.3 is 0 Å². The predicted octanol–water partition coefficient (Wildman–Crippen LogP) is 0.762. The minimum atomic E-state index is -3.45. The van der Waals surface area contributed by atoms with Crippen LogP contribution in [-0.4, -0.2) is 41.3 Å². The zero-order chi connectivity index (χ0) is 14.8. The van der Waals surface area contributed by atoms with E-state index in [4.69, 9.17) is 10.5 Å². The van der Waals surface area contributed by atoms with Crippen LogP contribution in [0.3, 0.4) is 0 Å². The summed E-state index contributed by atoms with van der Waals surface area (Å²) in [6.07, 6.45) is 0.787. The molecule has 0 spiro atoms. The Kier molecular flexibility index (Phi) is 7.53. The van der Waals surface area contributed by atoms with E-state index in [1.807, 2.05) is 0 Å². The highest BCUT2D eigenvalue weighted by molar-refractivity contribution is 7.89. The molecule has 1 aromatic carbocycles. The van der Waals surface area contributed by atoms with Gasteiger partial charge in [0.05, 0.1) is 12.3 Å². The van der Waals surface area contributed by atoms with Gasteiger partial charge in [-0.25, -0.2) is 13.1 Å². The summed E-state index contributed by atoms with van der Waals surface area (Å²) in [6, 6.07) is 6.86. The van der Waals surface area contributed by atoms with Crippen LogP contribution in [0.4, 0.5) is 5.69 Å². The first-order valence-corrected chi connectivity index (χ1v) is 8.20. The van der Waals surface area contributed by atoms with Gasteiger partial charge in [-0.3, -0.25) is 0 Å². The smallest absolute Gasteiger partial charge is 0.242 e. The summed E-state index contributed by atoms with van der Waals surface area (Å²) < 4.78 is 31.8. The van der Waals surface area contributed by atoms with E-state index in [0.29, 0.717) is 38.5 Å². The molecule has 1 rings (SSSR count). The molecule has 0 aliphatic heterocycles. The fourth-order valence-corrected chi connectivity index (χ4v) is 2.92. The minimum Gasteiger partial charge on any atom is -0.384 e. The molecule has 0 radical (unpaired) electrons. The van der Waals surface area contributed by atoms with Gasteiger partial charge in [0.2, 0.25) is 10.0 Å². The molecule has 0 fully saturated rings. The van der Waals surface area contributed by atoms with Crippen molar-refractivity contribution in [3.8, 4) is 0 Å². The highest BCUT2D eigenvalue weighted by Gasteiger charge is 2.16. The third-order valence-corrected chi connectivity index (χ3v) is 4.16. The lowest BCUT2D eigenvalue weighted by molar-refractivity contribution is 0.141. The largest absolute Gasteiger partial charge is 0.384 e. The highest BCUT2D eigenvalue weighted by Crippen LogP contribution is 2.20. The second-order valence-electron chi connectivity index (χ2n) is 4.18. The van der Waals surface area contributed by atoms with Gasteiger partial charge in [-0.1, -0.05) is 19.1 Å². The Morgan fingerprint density at radius 2 is 2.00 bits per heavy atom. The first kappa shape index (κ1) is 16.9. The van der Waals surface area contributed by atoms with Crippen molar-refractivity contribution in [2.45, 2.75) is 18.2 Å². The van der Waals surface area contributed by atoms with Gasteiger partial charge in [-0.15, -0.1) is 0 Å². The Hall–Kier alpha value is -1.15. The summed E-state index contributed by atoms with van der Waals surface area (Å²) in [7, 11) is -3.45. The van der Waals surface area contributed by atoms with Gasteiger partial charge in [0.25, 0.3) is 0 Å². The van der Waals surface area contributed by atoms with Crippen molar-refractivity contribution in [1.82, 2.24) is 4.72 Å². The summed E-state index contributed by atoms with van der Waals surface area (Å²) in [5.74, 6) is 0. The Morgan fingerprint density at radius 3 is 2.70 bits per heavy atom. The quantitative estimate of drug-likeness (QED) is 0.555. The monoisotopic (exact) mass is 301 g/mol. The van der Waals surface area contributed by atoms with Gasteiger partial charge in [0.1, 0.15) is 4.90 Å². The highest BCUT2D eigenvalue weighted by atomic mass is 32.2. The van der Waals surface area contributed by atoms with Gasteiger partial charge in [-0.05, 0) is 18.6 Å². The van der Waals surface area contributed by atoms with Crippen molar-refractivity contribution in [2.75, 3.05) is 38.2 Å². The van der Waals surface area contributed by atoms with Crippen LogP contribution in [0.2, 0.25) is 0 Å². The van der Waals surface area contributed by atoms with Crippen molar-refractivity contribution >= 4 is 15.7 Å². The Labute approximate surface area is 120 Å². The van der Waals surface area contributed by atoms with E-state index in [0.717, 1.165) is 6.42 Å². The number of benzene rings is 1. The molecule has 4 N–H and O–H groups in total. The molecular weight excluding hydrogens is 278 g/mol. The average Bonchev–Trinajstić information content (AvgIpc) is 2.43. The molecule has 7 heteroatoms. The summed E-state index contributed by atoms with van der Waals surface area (Å²) in [5, 5.41) is 3.12. The van der Waals surface area contributed by atoms with Gasteiger partial charge in [0, 0.05) is 26.2 Å². The molecule has 20 heavy (non-hydrogen) atoms. The number of para-hydroxylation sites is 1. The van der Waals surface area contributed by atoms with Crippen LogP contribution in [0.5, 0.6) is 0 Å². The molecule has 0 aliphatic rings. The number of hydrogen-bond donors (Lipinski definition) is 3. The molecule has 0 aromatic heterocycles. The van der Waals surface area contributed by atoms with Crippen LogP contribution in [0.1, 0.15) is 13.3 Å². The predicted molar refractivity (Wildman–Crippen MR) is 80.3 cm³/mol. The third-order valence-electron chi connectivity index (χ3n) is 2.55. The third kappa shape index (κ3) is 5.46. The summed E-state index contributed by atoms with van der Waals surface area (Å²) in [4.78, 5) is 0.268. The van der Waals surface area contributed by atoms with Gasteiger partial charge in [-0.2, -0.15) is 0 Å². The molecule has 0 saturated carbocycles. The fourth-order valence-electron chi connectivity index (χ4n) is 1.70. The van der Waals surface area contributed by atoms with Crippen LogP contribution >= 0.6 is 0 Å². The SMILES string of the molecule is CCNS(=O)(=O)c1ccccc1NCCCOCCN. The van der Waals surface area contributed by atoms with Gasteiger partial charge < -0.3 is 15.8 Å². The maximum atomic E-state index is 12.0. The standard InChI is InChI=1S/C13H23N3O3S/c1-2-16-20(17,18)13-7-4-3-6-12(13)15-9-5-10-19-11-8-14/h3-4,6-7,15-16H,2,5,8-11,14H2,1H3. The molecule has 1 aromatic rings. The Balaban J connectivity index is 2.58. The van der Waals surface area contributed by atoms with Crippen molar-refractivity contribution in [2.24, 2.45) is 5.73 Å². The maximum Gasteiger partial charge on any atom is 0.242 e. The van der Waals surface area contributed by atoms with E-state index in [1.165, 1.54) is 0 Å². The summed E-state index contributed by atoms with van der Waals surface area (Å²) in [6.45, 7) is 4.42. The van der Waals surface area contributed by atoms with Gasteiger partial charge in [0.15, 0.2) is 0 Å². The molecule has 0 aliphatic carbocycles. The molecular formula is C13H23N3O3S. The first-order chi connectivity index (χ1) is 9.61. The molecule has 0 amide bonds. The Morgan fingerprint density at radius 1 is 1.25 bits per heavy atom. The maximum absolute atomic E-state index is 12.0. The lowest BCUT2D eigenvalue weighted by Gasteiger charge is -2.12. The number of sulfonamides is 1. The van der Waals surface area contributed by atoms with E-state index >= 15 is 0 Å².